The van der Waals surface area contributed by atoms with Crippen molar-refractivity contribution in [2.24, 2.45) is 5.73 Å². The van der Waals surface area contributed by atoms with E-state index in [9.17, 15) is 0 Å². The van der Waals surface area contributed by atoms with Crippen LogP contribution in [0.15, 0.2) is 48.5 Å². The topological polar surface area (TPSA) is 41.8 Å². The fourth-order valence-corrected chi connectivity index (χ4v) is 3.06. The van der Waals surface area contributed by atoms with E-state index < -0.39 is 0 Å². The van der Waals surface area contributed by atoms with Gasteiger partial charge in [0.2, 0.25) is 0 Å². The summed E-state index contributed by atoms with van der Waals surface area (Å²) in [6.07, 6.45) is 0. The van der Waals surface area contributed by atoms with E-state index in [2.05, 4.69) is 75.1 Å². The van der Waals surface area contributed by atoms with Gasteiger partial charge in [-0.15, -0.1) is 0 Å². The zero-order valence-corrected chi connectivity index (χ0v) is 13.8. The van der Waals surface area contributed by atoms with Crippen LogP contribution in [0.25, 0.3) is 10.9 Å². The molecule has 1 heterocycles. The van der Waals surface area contributed by atoms with E-state index in [1.807, 2.05) is 6.07 Å². The van der Waals surface area contributed by atoms with Crippen LogP contribution >= 0.6 is 0 Å². The van der Waals surface area contributed by atoms with Crippen LogP contribution in [0.2, 0.25) is 0 Å². The molecule has 2 aromatic carbocycles. The molecule has 0 amide bonds. The van der Waals surface area contributed by atoms with Gasteiger partial charge in [-0.25, -0.2) is 0 Å². The molecule has 0 aliphatic heterocycles. The summed E-state index contributed by atoms with van der Waals surface area (Å²) in [5.41, 5.74) is 12.7. The first-order chi connectivity index (χ1) is 10.4. The molecule has 0 radical (unpaired) electrons. The van der Waals surface area contributed by atoms with Crippen LogP contribution in [0, 0.1) is 6.92 Å². The Bertz CT molecular complexity index is 789. The van der Waals surface area contributed by atoms with Gasteiger partial charge in [-0.2, -0.15) is 0 Å². The van der Waals surface area contributed by atoms with Gasteiger partial charge in [-0.05, 0) is 29.5 Å². The molecule has 0 saturated heterocycles. The third-order valence-electron chi connectivity index (χ3n) is 4.39. The van der Waals surface area contributed by atoms with Crippen LogP contribution in [-0.4, -0.2) is 4.98 Å². The van der Waals surface area contributed by atoms with Crippen LogP contribution in [0.5, 0.6) is 0 Å². The molecule has 1 atom stereocenters. The summed E-state index contributed by atoms with van der Waals surface area (Å²) < 4.78 is 0. The molecule has 3 rings (SSSR count). The van der Waals surface area contributed by atoms with E-state index in [1.54, 1.807) is 0 Å². The maximum Gasteiger partial charge on any atom is 0.0575 e. The second kappa shape index (κ2) is 5.29. The normalized spacial score (nSPS) is 13.5. The monoisotopic (exact) mass is 292 g/mol. The predicted molar refractivity (Wildman–Crippen MR) is 94.2 cm³/mol. The Morgan fingerprint density at radius 3 is 2.23 bits per heavy atom. The number of para-hydroxylation sites is 1. The number of nitrogens with one attached hydrogen (secondary N) is 1. The molecule has 1 unspecified atom stereocenters. The highest BCUT2D eigenvalue weighted by Crippen LogP contribution is 2.31. The molecular weight excluding hydrogens is 268 g/mol. The molecule has 1 aromatic heterocycles. The van der Waals surface area contributed by atoms with Crippen LogP contribution < -0.4 is 5.73 Å². The molecule has 0 aliphatic carbocycles. The molecular formula is C20H24N2. The summed E-state index contributed by atoms with van der Waals surface area (Å²) in [6, 6.07) is 16.9. The highest BCUT2D eigenvalue weighted by Gasteiger charge is 2.18. The Hall–Kier alpha value is -2.06. The van der Waals surface area contributed by atoms with E-state index in [1.165, 1.54) is 16.5 Å². The summed E-state index contributed by atoms with van der Waals surface area (Å²) in [7, 11) is 0. The van der Waals surface area contributed by atoms with Crippen LogP contribution in [0.1, 0.15) is 49.2 Å². The summed E-state index contributed by atoms with van der Waals surface area (Å²) in [6.45, 7) is 8.78. The quantitative estimate of drug-likeness (QED) is 0.698. The van der Waals surface area contributed by atoms with Crippen molar-refractivity contribution in [2.75, 3.05) is 0 Å². The summed E-state index contributed by atoms with van der Waals surface area (Å²) in [5.74, 6) is 0. The second-order valence-corrected chi connectivity index (χ2v) is 7.06. The van der Waals surface area contributed by atoms with E-state index >= 15 is 0 Å². The van der Waals surface area contributed by atoms with E-state index in [-0.39, 0.29) is 11.5 Å². The van der Waals surface area contributed by atoms with Crippen molar-refractivity contribution < 1.29 is 0 Å². The fourth-order valence-electron chi connectivity index (χ4n) is 3.06. The molecule has 0 aliphatic rings. The van der Waals surface area contributed by atoms with Gasteiger partial charge in [0.25, 0.3) is 0 Å². The van der Waals surface area contributed by atoms with Gasteiger partial charge in [0.05, 0.1) is 6.04 Å². The van der Waals surface area contributed by atoms with Gasteiger partial charge < -0.3 is 10.7 Å². The van der Waals surface area contributed by atoms with Gasteiger partial charge in [-0.3, -0.25) is 0 Å². The number of benzene rings is 2. The summed E-state index contributed by atoms with van der Waals surface area (Å²) in [4.78, 5) is 3.43. The molecule has 22 heavy (non-hydrogen) atoms. The maximum atomic E-state index is 6.57. The van der Waals surface area contributed by atoms with E-state index in [0.29, 0.717) is 0 Å². The predicted octanol–water partition coefficient (Wildman–Crippen LogP) is 4.82. The fraction of sp³-hybridized carbons (Fsp3) is 0.300. The third-order valence-corrected chi connectivity index (χ3v) is 4.39. The smallest absolute Gasteiger partial charge is 0.0575 e. The molecule has 3 aromatic rings. The first-order valence-electron chi connectivity index (χ1n) is 7.81. The Morgan fingerprint density at radius 1 is 0.955 bits per heavy atom. The number of rotatable bonds is 2. The average molecular weight is 292 g/mol. The van der Waals surface area contributed by atoms with Crippen molar-refractivity contribution in [3.05, 3.63) is 70.9 Å². The largest absolute Gasteiger partial charge is 0.358 e. The SMILES string of the molecule is Cc1[nH]c2ccccc2c1C(N)c1ccc(C(C)(C)C)cc1. The molecule has 114 valence electrons. The minimum absolute atomic E-state index is 0.106. The zero-order chi connectivity index (χ0) is 15.9. The third kappa shape index (κ3) is 2.55. The number of aryl methyl sites for hydroxylation is 1. The van der Waals surface area contributed by atoms with Crippen molar-refractivity contribution in [2.45, 2.75) is 39.2 Å². The molecule has 2 nitrogen and oxygen atoms in total. The lowest BCUT2D eigenvalue weighted by atomic mass is 9.85. The standard InChI is InChI=1S/C20H24N2/c1-13-18(16-7-5-6-8-17(16)22-13)19(21)14-9-11-15(12-10-14)20(2,3)4/h5-12,19,22H,21H2,1-4H3. The number of hydrogen-bond donors (Lipinski definition) is 2. The van der Waals surface area contributed by atoms with Crippen molar-refractivity contribution in [1.29, 1.82) is 0 Å². The lowest BCUT2D eigenvalue weighted by Gasteiger charge is -2.20. The number of aromatic nitrogens is 1. The minimum atomic E-state index is -0.106. The summed E-state index contributed by atoms with van der Waals surface area (Å²) in [5, 5.41) is 1.22. The summed E-state index contributed by atoms with van der Waals surface area (Å²) >= 11 is 0. The van der Waals surface area contributed by atoms with Crippen molar-refractivity contribution in [3.63, 3.8) is 0 Å². The lowest BCUT2D eigenvalue weighted by molar-refractivity contribution is 0.589. The molecule has 0 saturated carbocycles. The van der Waals surface area contributed by atoms with Gasteiger partial charge in [0.1, 0.15) is 0 Å². The Kier molecular flexibility index (Phi) is 3.57. The molecule has 0 bridgehead atoms. The van der Waals surface area contributed by atoms with Crippen LogP contribution in [0.3, 0.4) is 0 Å². The number of aromatic amines is 1. The zero-order valence-electron chi connectivity index (χ0n) is 13.8. The van der Waals surface area contributed by atoms with Crippen LogP contribution in [-0.2, 0) is 5.41 Å². The Balaban J connectivity index is 2.02. The highest BCUT2D eigenvalue weighted by atomic mass is 14.7. The Labute approximate surface area is 132 Å². The van der Waals surface area contributed by atoms with Gasteiger partial charge in [-0.1, -0.05) is 63.2 Å². The first-order valence-corrected chi connectivity index (χ1v) is 7.81. The van der Waals surface area contributed by atoms with E-state index in [0.717, 1.165) is 16.8 Å². The number of fused-ring (bicyclic) bond motifs is 1. The van der Waals surface area contributed by atoms with Gasteiger partial charge in [0.15, 0.2) is 0 Å². The van der Waals surface area contributed by atoms with Crippen molar-refractivity contribution >= 4 is 10.9 Å². The van der Waals surface area contributed by atoms with Crippen molar-refractivity contribution in [1.82, 2.24) is 4.98 Å². The maximum absolute atomic E-state index is 6.57. The Morgan fingerprint density at radius 2 is 1.59 bits per heavy atom. The molecule has 3 N–H and O–H groups in total. The number of nitrogens with two attached hydrogens (primary N) is 1. The lowest BCUT2D eigenvalue weighted by Crippen LogP contribution is -2.14. The van der Waals surface area contributed by atoms with Gasteiger partial charge in [0, 0.05) is 22.2 Å². The number of hydrogen-bond acceptors (Lipinski definition) is 1. The average Bonchev–Trinajstić information content (AvgIpc) is 2.81. The molecule has 0 fully saturated rings. The minimum Gasteiger partial charge on any atom is -0.358 e. The van der Waals surface area contributed by atoms with Gasteiger partial charge >= 0.3 is 0 Å². The molecule has 2 heteroatoms. The number of H-pyrrole nitrogens is 1. The van der Waals surface area contributed by atoms with Crippen molar-refractivity contribution in [3.8, 4) is 0 Å². The molecule has 0 spiro atoms. The first kappa shape index (κ1) is 14.9. The van der Waals surface area contributed by atoms with Crippen LogP contribution in [0.4, 0.5) is 0 Å². The van der Waals surface area contributed by atoms with E-state index in [4.69, 9.17) is 5.73 Å². The highest BCUT2D eigenvalue weighted by molar-refractivity contribution is 5.85. The second-order valence-electron chi connectivity index (χ2n) is 7.06.